The summed E-state index contributed by atoms with van der Waals surface area (Å²) in [5.41, 5.74) is 8.45. The van der Waals surface area contributed by atoms with Crippen LogP contribution in [-0.4, -0.2) is 4.98 Å². The van der Waals surface area contributed by atoms with E-state index in [-0.39, 0.29) is 0 Å². The van der Waals surface area contributed by atoms with Crippen molar-refractivity contribution < 1.29 is 0 Å². The van der Waals surface area contributed by atoms with E-state index in [9.17, 15) is 0 Å². The minimum atomic E-state index is 0.386. The van der Waals surface area contributed by atoms with Crippen molar-refractivity contribution in [2.24, 2.45) is 5.11 Å². The molecular weight excluding hydrogens is 152 g/mol. The molecule has 0 N–H and O–H groups in total. The van der Waals surface area contributed by atoms with Gasteiger partial charge in [-0.05, 0) is 17.7 Å². The van der Waals surface area contributed by atoms with Gasteiger partial charge in [0.2, 0.25) is 0 Å². The molecule has 0 bridgehead atoms. The second-order valence-electron chi connectivity index (χ2n) is 1.53. The number of halogens is 1. The summed E-state index contributed by atoms with van der Waals surface area (Å²) in [4.78, 5) is 6.28. The molecule has 0 aliphatic rings. The van der Waals surface area contributed by atoms with Crippen molar-refractivity contribution in [3.63, 3.8) is 0 Å². The Kier molecular flexibility index (Phi) is 2.10. The van der Waals surface area contributed by atoms with Crippen molar-refractivity contribution in [1.29, 1.82) is 0 Å². The van der Waals surface area contributed by atoms with Crippen LogP contribution in [0, 0.1) is 0 Å². The van der Waals surface area contributed by atoms with Crippen LogP contribution in [0.4, 0.5) is 5.69 Å². The number of pyridine rings is 1. The van der Waals surface area contributed by atoms with Crippen LogP contribution in [-0.2, 0) is 0 Å². The monoisotopic (exact) mass is 154 g/mol. The van der Waals surface area contributed by atoms with Crippen LogP contribution in [0.1, 0.15) is 0 Å². The van der Waals surface area contributed by atoms with Gasteiger partial charge < -0.3 is 0 Å². The Morgan fingerprint density at radius 2 is 2.40 bits per heavy atom. The molecule has 50 valence electrons. The maximum absolute atomic E-state index is 7.99. The summed E-state index contributed by atoms with van der Waals surface area (Å²) in [6.45, 7) is 0. The normalized spacial score (nSPS) is 8.50. The lowest BCUT2D eigenvalue weighted by Crippen LogP contribution is -1.69. The molecule has 0 spiro atoms. The van der Waals surface area contributed by atoms with Gasteiger partial charge in [0, 0.05) is 11.1 Å². The highest BCUT2D eigenvalue weighted by Gasteiger charge is 1.87. The van der Waals surface area contributed by atoms with Crippen molar-refractivity contribution in [1.82, 2.24) is 4.98 Å². The molecule has 10 heavy (non-hydrogen) atoms. The molecule has 0 amide bonds. The van der Waals surface area contributed by atoms with Crippen molar-refractivity contribution in [2.75, 3.05) is 0 Å². The highest BCUT2D eigenvalue weighted by atomic mass is 35.5. The van der Waals surface area contributed by atoms with Crippen LogP contribution in [0.3, 0.4) is 0 Å². The van der Waals surface area contributed by atoms with Crippen molar-refractivity contribution in [2.45, 2.75) is 0 Å². The van der Waals surface area contributed by atoms with Gasteiger partial charge in [-0.3, -0.25) is 0 Å². The van der Waals surface area contributed by atoms with E-state index in [0.29, 0.717) is 10.8 Å². The molecule has 0 aromatic carbocycles. The Balaban J connectivity index is 3.00. The molecule has 0 fully saturated rings. The molecule has 0 unspecified atom stereocenters. The van der Waals surface area contributed by atoms with E-state index in [4.69, 9.17) is 17.1 Å². The summed E-state index contributed by atoms with van der Waals surface area (Å²) in [7, 11) is 0. The number of aromatic nitrogens is 1. The number of nitrogens with zero attached hydrogens (tertiary/aromatic N) is 4. The smallest absolute Gasteiger partial charge is 0.129 e. The minimum absolute atomic E-state index is 0.386. The van der Waals surface area contributed by atoms with E-state index in [0.717, 1.165) is 0 Å². The molecule has 1 rings (SSSR count). The Bertz CT molecular complexity index is 261. The number of azide groups is 1. The average Bonchev–Trinajstić information content (AvgIpc) is 1.95. The topological polar surface area (TPSA) is 61.7 Å². The standard InChI is InChI=1S/C5H3ClN4/c6-5-2-1-4(3-8-5)9-10-7/h1-3H. The van der Waals surface area contributed by atoms with Crippen LogP contribution >= 0.6 is 11.6 Å². The molecule has 0 aliphatic carbocycles. The van der Waals surface area contributed by atoms with Gasteiger partial charge in [-0.1, -0.05) is 16.7 Å². The third-order valence-electron chi connectivity index (χ3n) is 0.872. The van der Waals surface area contributed by atoms with E-state index >= 15 is 0 Å². The summed E-state index contributed by atoms with van der Waals surface area (Å²) in [5, 5.41) is 3.69. The van der Waals surface area contributed by atoms with Crippen LogP contribution < -0.4 is 0 Å². The molecule has 0 atom stereocenters. The summed E-state index contributed by atoms with van der Waals surface area (Å²) >= 11 is 5.47. The fraction of sp³-hybridized carbons (Fsp3) is 0. The van der Waals surface area contributed by atoms with Crippen LogP contribution in [0.15, 0.2) is 23.4 Å². The molecule has 1 aromatic heterocycles. The fourth-order valence-corrected chi connectivity index (χ4v) is 0.591. The van der Waals surface area contributed by atoms with Crippen molar-refractivity contribution in [3.05, 3.63) is 33.9 Å². The lowest BCUT2D eigenvalue weighted by atomic mass is 10.4. The molecular formula is C5H3ClN4. The summed E-state index contributed by atoms with van der Waals surface area (Å²) < 4.78 is 0. The first kappa shape index (κ1) is 6.86. The highest BCUT2D eigenvalue weighted by Crippen LogP contribution is 2.12. The second kappa shape index (κ2) is 3.06. The Morgan fingerprint density at radius 3 is 2.90 bits per heavy atom. The lowest BCUT2D eigenvalue weighted by molar-refractivity contribution is 1.30. The molecule has 0 saturated carbocycles. The summed E-state index contributed by atoms with van der Waals surface area (Å²) in [6, 6.07) is 3.15. The third-order valence-corrected chi connectivity index (χ3v) is 1.10. The first-order valence-corrected chi connectivity index (χ1v) is 2.87. The molecule has 1 aromatic rings. The molecule has 4 nitrogen and oxygen atoms in total. The predicted molar refractivity (Wildman–Crippen MR) is 38.1 cm³/mol. The molecule has 0 radical (unpaired) electrons. The van der Waals surface area contributed by atoms with Gasteiger partial charge in [0.1, 0.15) is 5.15 Å². The molecule has 0 saturated heterocycles. The van der Waals surface area contributed by atoms with E-state index < -0.39 is 0 Å². The molecule has 5 heteroatoms. The zero-order valence-corrected chi connectivity index (χ0v) is 5.65. The van der Waals surface area contributed by atoms with Gasteiger partial charge >= 0.3 is 0 Å². The molecule has 1 heterocycles. The highest BCUT2D eigenvalue weighted by molar-refractivity contribution is 6.29. The predicted octanol–water partition coefficient (Wildman–Crippen LogP) is 2.68. The first-order chi connectivity index (χ1) is 4.83. The van der Waals surface area contributed by atoms with E-state index in [1.54, 1.807) is 12.1 Å². The van der Waals surface area contributed by atoms with Crippen molar-refractivity contribution >= 4 is 17.3 Å². The third kappa shape index (κ3) is 1.62. The van der Waals surface area contributed by atoms with Gasteiger partial charge in [-0.25, -0.2) is 4.98 Å². The zero-order valence-electron chi connectivity index (χ0n) is 4.90. The van der Waals surface area contributed by atoms with Crippen molar-refractivity contribution in [3.8, 4) is 0 Å². The summed E-state index contributed by atoms with van der Waals surface area (Å²) in [5.74, 6) is 0. The quantitative estimate of drug-likeness (QED) is 0.266. The largest absolute Gasteiger partial charge is 0.244 e. The van der Waals surface area contributed by atoms with Crippen LogP contribution in [0.2, 0.25) is 5.15 Å². The van der Waals surface area contributed by atoms with E-state index in [1.807, 2.05) is 0 Å². The number of hydrogen-bond acceptors (Lipinski definition) is 2. The fourth-order valence-electron chi connectivity index (χ4n) is 0.479. The lowest BCUT2D eigenvalue weighted by Gasteiger charge is -1.87. The van der Waals surface area contributed by atoms with Gasteiger partial charge in [0.25, 0.3) is 0 Å². The van der Waals surface area contributed by atoms with Gasteiger partial charge in [-0.15, -0.1) is 0 Å². The van der Waals surface area contributed by atoms with Gasteiger partial charge in [0.05, 0.1) is 5.69 Å². The number of hydrogen-bond donors (Lipinski definition) is 0. The van der Waals surface area contributed by atoms with E-state index in [2.05, 4.69) is 15.0 Å². The molecule has 0 aliphatic heterocycles. The van der Waals surface area contributed by atoms with Gasteiger partial charge in [0.15, 0.2) is 0 Å². The Hall–Kier alpha value is -1.25. The number of rotatable bonds is 1. The minimum Gasteiger partial charge on any atom is -0.244 e. The second-order valence-corrected chi connectivity index (χ2v) is 1.92. The Morgan fingerprint density at radius 1 is 1.60 bits per heavy atom. The zero-order chi connectivity index (χ0) is 7.40. The maximum atomic E-state index is 7.99. The van der Waals surface area contributed by atoms with Gasteiger partial charge in [-0.2, -0.15) is 0 Å². The summed E-state index contributed by atoms with van der Waals surface area (Å²) in [6.07, 6.45) is 1.40. The van der Waals surface area contributed by atoms with Crippen LogP contribution in [0.5, 0.6) is 0 Å². The SMILES string of the molecule is [N-]=[N+]=Nc1ccc(Cl)nc1. The first-order valence-electron chi connectivity index (χ1n) is 2.49. The Labute approximate surface area is 62.1 Å². The maximum Gasteiger partial charge on any atom is 0.129 e. The van der Waals surface area contributed by atoms with Crippen LogP contribution in [0.25, 0.3) is 10.4 Å². The van der Waals surface area contributed by atoms with E-state index in [1.165, 1.54) is 6.20 Å². The average molecular weight is 155 g/mol.